The van der Waals surface area contributed by atoms with Gasteiger partial charge in [0.15, 0.2) is 6.10 Å². The molecular formula is C40H71O10P. The van der Waals surface area contributed by atoms with Crippen LogP contribution in [0.3, 0.4) is 0 Å². The minimum atomic E-state index is -4.62. The molecule has 0 spiro atoms. The largest absolute Gasteiger partial charge is 0.472 e. The molecule has 51 heavy (non-hydrogen) atoms. The molecule has 0 aromatic rings. The van der Waals surface area contributed by atoms with Crippen LogP contribution in [-0.4, -0.2) is 65.7 Å². The Morgan fingerprint density at radius 3 is 1.63 bits per heavy atom. The van der Waals surface area contributed by atoms with Crippen LogP contribution in [0.5, 0.6) is 0 Å². The van der Waals surface area contributed by atoms with Crippen LogP contribution in [0, 0.1) is 0 Å². The summed E-state index contributed by atoms with van der Waals surface area (Å²) in [7, 11) is -4.62. The van der Waals surface area contributed by atoms with Crippen LogP contribution in [0.1, 0.15) is 155 Å². The van der Waals surface area contributed by atoms with Crippen molar-refractivity contribution in [3.8, 4) is 0 Å². The van der Waals surface area contributed by atoms with Gasteiger partial charge in [-0.25, -0.2) is 4.57 Å². The quantitative estimate of drug-likeness (QED) is 0.0245. The highest BCUT2D eigenvalue weighted by atomic mass is 31.2. The summed E-state index contributed by atoms with van der Waals surface area (Å²) in [5.41, 5.74) is 0. The smallest absolute Gasteiger partial charge is 0.462 e. The maximum Gasteiger partial charge on any atom is 0.472 e. The highest BCUT2D eigenvalue weighted by Gasteiger charge is 2.27. The lowest BCUT2D eigenvalue weighted by Gasteiger charge is -2.20. The molecule has 0 saturated carbocycles. The zero-order valence-corrected chi connectivity index (χ0v) is 32.7. The summed E-state index contributed by atoms with van der Waals surface area (Å²) >= 11 is 0. The van der Waals surface area contributed by atoms with Crippen molar-refractivity contribution in [2.24, 2.45) is 0 Å². The second kappa shape index (κ2) is 36.3. The van der Waals surface area contributed by atoms with Crippen LogP contribution in [0.25, 0.3) is 0 Å². The van der Waals surface area contributed by atoms with Gasteiger partial charge in [-0.2, -0.15) is 0 Å². The number of allylic oxidation sites excluding steroid dienone is 8. The van der Waals surface area contributed by atoms with Gasteiger partial charge in [-0.1, -0.05) is 114 Å². The van der Waals surface area contributed by atoms with E-state index in [0.29, 0.717) is 12.8 Å². The Morgan fingerprint density at radius 2 is 1.02 bits per heavy atom. The first-order valence-corrected chi connectivity index (χ1v) is 21.1. The third kappa shape index (κ3) is 36.1. The Balaban J connectivity index is 4.46. The van der Waals surface area contributed by atoms with E-state index in [9.17, 15) is 24.2 Å². The summed E-state index contributed by atoms with van der Waals surface area (Å²) in [6.45, 7) is 2.26. The zero-order valence-electron chi connectivity index (χ0n) is 31.8. The Hall–Kier alpha value is -2.07. The minimum Gasteiger partial charge on any atom is -0.462 e. The summed E-state index contributed by atoms with van der Waals surface area (Å²) in [5, 5.41) is 18.3. The molecule has 11 heteroatoms. The molecule has 3 N–H and O–H groups in total. The van der Waals surface area contributed by atoms with Crippen LogP contribution < -0.4 is 0 Å². The number of unbranched alkanes of at least 4 members (excludes halogenated alkanes) is 14. The van der Waals surface area contributed by atoms with Gasteiger partial charge in [-0.3, -0.25) is 18.6 Å². The van der Waals surface area contributed by atoms with Gasteiger partial charge in [0.05, 0.1) is 19.8 Å². The Bertz CT molecular complexity index is 994. The maximum atomic E-state index is 12.5. The summed E-state index contributed by atoms with van der Waals surface area (Å²) in [4.78, 5) is 34.8. The lowest BCUT2D eigenvalue weighted by Crippen LogP contribution is -2.29. The van der Waals surface area contributed by atoms with Gasteiger partial charge >= 0.3 is 19.8 Å². The van der Waals surface area contributed by atoms with Gasteiger partial charge in [-0.05, 0) is 77.0 Å². The predicted molar refractivity (Wildman–Crippen MR) is 205 cm³/mol. The number of hydrogen-bond donors (Lipinski definition) is 3. The van der Waals surface area contributed by atoms with Crippen LogP contribution in [0.4, 0.5) is 0 Å². The number of carbonyl (C=O) groups is 2. The number of phosphoric ester groups is 1. The van der Waals surface area contributed by atoms with E-state index in [1.54, 1.807) is 0 Å². The molecule has 1 unspecified atom stereocenters. The first-order chi connectivity index (χ1) is 24.7. The van der Waals surface area contributed by atoms with E-state index >= 15 is 0 Å². The Morgan fingerprint density at radius 1 is 0.588 bits per heavy atom. The summed E-state index contributed by atoms with van der Waals surface area (Å²) in [6.07, 6.45) is 36.5. The van der Waals surface area contributed by atoms with Crippen molar-refractivity contribution in [1.29, 1.82) is 0 Å². The van der Waals surface area contributed by atoms with Crippen molar-refractivity contribution in [1.82, 2.24) is 0 Å². The first-order valence-electron chi connectivity index (χ1n) is 19.6. The van der Waals surface area contributed by atoms with Crippen molar-refractivity contribution < 1.29 is 47.8 Å². The molecule has 0 radical (unpaired) electrons. The Kier molecular flexibility index (Phi) is 34.8. The van der Waals surface area contributed by atoms with E-state index in [4.69, 9.17) is 19.1 Å². The van der Waals surface area contributed by atoms with E-state index in [1.807, 2.05) is 0 Å². The molecule has 0 rings (SSSR count). The molecule has 3 atom stereocenters. The molecule has 0 fully saturated rings. The van der Waals surface area contributed by atoms with Crippen molar-refractivity contribution in [3.05, 3.63) is 48.6 Å². The van der Waals surface area contributed by atoms with Gasteiger partial charge in [0.25, 0.3) is 0 Å². The SMILES string of the molecule is CCCCC/C=C/C/C=C/C/C=C/CCCCC(=O)OC[C@H](COP(=O)(O)OC[C@@H](O)CO)OC(=O)CCCCC/C=C/CCCCCCCC. The number of ether oxygens (including phenoxy) is 2. The van der Waals surface area contributed by atoms with Crippen LogP contribution in [0.15, 0.2) is 48.6 Å². The van der Waals surface area contributed by atoms with Crippen molar-refractivity contribution in [3.63, 3.8) is 0 Å². The highest BCUT2D eigenvalue weighted by molar-refractivity contribution is 7.47. The van der Waals surface area contributed by atoms with Gasteiger partial charge in [-0.15, -0.1) is 0 Å². The second-order valence-corrected chi connectivity index (χ2v) is 14.4. The molecule has 0 amide bonds. The predicted octanol–water partition coefficient (Wildman–Crippen LogP) is 9.78. The lowest BCUT2D eigenvalue weighted by molar-refractivity contribution is -0.161. The monoisotopic (exact) mass is 742 g/mol. The fourth-order valence-corrected chi connectivity index (χ4v) is 5.66. The molecule has 0 bridgehead atoms. The molecule has 0 aromatic heterocycles. The van der Waals surface area contributed by atoms with Crippen molar-refractivity contribution >= 4 is 19.8 Å². The van der Waals surface area contributed by atoms with Crippen LogP contribution in [-0.2, 0) is 32.7 Å². The van der Waals surface area contributed by atoms with Gasteiger partial charge in [0.1, 0.15) is 12.7 Å². The van der Waals surface area contributed by atoms with Gasteiger partial charge in [0.2, 0.25) is 0 Å². The first kappa shape index (κ1) is 48.9. The molecule has 0 aliphatic carbocycles. The zero-order chi connectivity index (χ0) is 37.7. The molecule has 0 aromatic carbocycles. The van der Waals surface area contributed by atoms with Crippen molar-refractivity contribution in [2.45, 2.75) is 167 Å². The fourth-order valence-electron chi connectivity index (χ4n) is 4.87. The third-order valence-corrected chi connectivity index (χ3v) is 8.91. The molecule has 0 aliphatic rings. The normalized spacial score (nSPS) is 14.5. The molecular weight excluding hydrogens is 671 g/mol. The summed E-state index contributed by atoms with van der Waals surface area (Å²) in [5.74, 6) is -0.993. The topological polar surface area (TPSA) is 149 Å². The number of esters is 2. The molecule has 0 aliphatic heterocycles. The average Bonchev–Trinajstić information content (AvgIpc) is 3.12. The number of rotatable bonds is 36. The number of phosphoric acid groups is 1. The number of carbonyl (C=O) groups excluding carboxylic acids is 2. The maximum absolute atomic E-state index is 12.5. The third-order valence-electron chi connectivity index (χ3n) is 7.96. The second-order valence-electron chi connectivity index (χ2n) is 12.9. The number of aliphatic hydroxyl groups excluding tert-OH is 2. The lowest BCUT2D eigenvalue weighted by atomic mass is 10.1. The standard InChI is InChI=1S/C40H71O10P/c1-3-5-7-9-11-13-15-17-18-20-21-23-25-27-29-31-39(43)47-35-38(36-49-51(45,46)48-34-37(42)33-41)50-40(44)32-30-28-26-24-22-19-16-14-12-10-8-6-4-2/h11,13,17-19,21-23,37-38,41-42H,3-10,12,14-16,20,24-36H2,1-2H3,(H,45,46)/b13-11+,18-17+,22-19+,23-21+/t37-,38+/m0/s1. The number of aliphatic hydroxyl groups is 2. The van der Waals surface area contributed by atoms with E-state index < -0.39 is 51.8 Å². The van der Waals surface area contributed by atoms with Crippen LogP contribution in [0.2, 0.25) is 0 Å². The summed E-state index contributed by atoms with van der Waals surface area (Å²) < 4.78 is 32.5. The molecule has 0 heterocycles. The molecule has 296 valence electrons. The van der Waals surface area contributed by atoms with Crippen LogP contribution >= 0.6 is 7.82 Å². The van der Waals surface area contributed by atoms with E-state index in [2.05, 4.69) is 67.0 Å². The van der Waals surface area contributed by atoms with E-state index in [1.165, 1.54) is 57.8 Å². The van der Waals surface area contributed by atoms with Crippen molar-refractivity contribution in [2.75, 3.05) is 26.4 Å². The minimum absolute atomic E-state index is 0.154. The highest BCUT2D eigenvalue weighted by Crippen LogP contribution is 2.43. The van der Waals surface area contributed by atoms with E-state index in [0.717, 1.165) is 57.8 Å². The van der Waals surface area contributed by atoms with E-state index in [-0.39, 0.29) is 19.4 Å². The molecule has 10 nitrogen and oxygen atoms in total. The van der Waals surface area contributed by atoms with Gasteiger partial charge < -0.3 is 24.6 Å². The average molecular weight is 743 g/mol. The molecule has 0 saturated heterocycles. The fraction of sp³-hybridized carbons (Fsp3) is 0.750. The summed E-state index contributed by atoms with van der Waals surface area (Å²) in [6, 6.07) is 0. The number of hydrogen-bond acceptors (Lipinski definition) is 9. The van der Waals surface area contributed by atoms with Gasteiger partial charge in [0, 0.05) is 12.8 Å². The Labute approximate surface area is 309 Å².